The van der Waals surface area contributed by atoms with Crippen molar-refractivity contribution in [3.8, 4) is 0 Å². The van der Waals surface area contributed by atoms with Gasteiger partial charge < -0.3 is 5.32 Å². The zero-order chi connectivity index (χ0) is 17.0. The van der Waals surface area contributed by atoms with Gasteiger partial charge in [-0.3, -0.25) is 9.59 Å². The summed E-state index contributed by atoms with van der Waals surface area (Å²) in [4.78, 5) is 23.5. The predicted molar refractivity (Wildman–Crippen MR) is 88.6 cm³/mol. The number of tetrazole rings is 1. The molecule has 122 valence electrons. The summed E-state index contributed by atoms with van der Waals surface area (Å²) in [5, 5.41) is 14.6. The SMILES string of the molecule is CC(=O)c1ccc(NC(=O)[C@H](C)Sc2nnnn2C(C)C)cc1. The van der Waals surface area contributed by atoms with Gasteiger partial charge in [-0.15, -0.1) is 5.10 Å². The number of hydrogen-bond donors (Lipinski definition) is 1. The molecule has 1 N–H and O–H groups in total. The summed E-state index contributed by atoms with van der Waals surface area (Å²) in [6.45, 7) is 7.25. The van der Waals surface area contributed by atoms with E-state index < -0.39 is 0 Å². The van der Waals surface area contributed by atoms with E-state index in [9.17, 15) is 9.59 Å². The lowest BCUT2D eigenvalue weighted by Crippen LogP contribution is -2.23. The van der Waals surface area contributed by atoms with Crippen LogP contribution in [0.15, 0.2) is 29.4 Å². The normalized spacial score (nSPS) is 12.2. The highest BCUT2D eigenvalue weighted by atomic mass is 32.2. The first-order valence-corrected chi connectivity index (χ1v) is 8.13. The van der Waals surface area contributed by atoms with E-state index in [2.05, 4.69) is 20.8 Å². The number of nitrogens with one attached hydrogen (secondary N) is 1. The van der Waals surface area contributed by atoms with E-state index in [1.165, 1.54) is 18.7 Å². The molecule has 2 rings (SSSR count). The van der Waals surface area contributed by atoms with Crippen LogP contribution in [0.5, 0.6) is 0 Å². The Morgan fingerprint density at radius 1 is 1.17 bits per heavy atom. The molecule has 0 fully saturated rings. The van der Waals surface area contributed by atoms with Crippen LogP contribution < -0.4 is 5.32 Å². The maximum absolute atomic E-state index is 12.3. The van der Waals surface area contributed by atoms with Crippen molar-refractivity contribution >= 4 is 29.1 Å². The van der Waals surface area contributed by atoms with Crippen molar-refractivity contribution in [2.75, 3.05) is 5.32 Å². The van der Waals surface area contributed by atoms with Gasteiger partial charge in [-0.2, -0.15) is 0 Å². The molecule has 0 aliphatic carbocycles. The summed E-state index contributed by atoms with van der Waals surface area (Å²) in [5.41, 5.74) is 1.26. The molecule has 0 saturated heterocycles. The molecule has 0 unspecified atom stereocenters. The van der Waals surface area contributed by atoms with Crippen LogP contribution in [0.3, 0.4) is 0 Å². The third-order valence-electron chi connectivity index (χ3n) is 3.16. The van der Waals surface area contributed by atoms with Gasteiger partial charge >= 0.3 is 0 Å². The van der Waals surface area contributed by atoms with E-state index in [-0.39, 0.29) is 23.0 Å². The Morgan fingerprint density at radius 3 is 2.39 bits per heavy atom. The molecular weight excluding hydrogens is 314 g/mol. The Kier molecular flexibility index (Phi) is 5.49. The van der Waals surface area contributed by atoms with Gasteiger partial charge in [0.25, 0.3) is 0 Å². The Bertz CT molecular complexity index is 696. The first-order chi connectivity index (χ1) is 10.9. The van der Waals surface area contributed by atoms with Crippen LogP contribution in [0.25, 0.3) is 0 Å². The number of carbonyl (C=O) groups excluding carboxylic acids is 2. The number of rotatable bonds is 6. The standard InChI is InChI=1S/C15H19N5O2S/c1-9(2)20-15(17-18-19-20)23-11(4)14(22)16-13-7-5-12(6-8-13)10(3)21/h5-9,11H,1-4H3,(H,16,22)/t11-/m0/s1. The second-order valence-corrected chi connectivity index (χ2v) is 6.69. The topological polar surface area (TPSA) is 89.8 Å². The molecular formula is C15H19N5O2S. The van der Waals surface area contributed by atoms with Crippen molar-refractivity contribution in [3.63, 3.8) is 0 Å². The highest BCUT2D eigenvalue weighted by molar-refractivity contribution is 8.00. The quantitative estimate of drug-likeness (QED) is 0.645. The van der Waals surface area contributed by atoms with Crippen LogP contribution in [0.4, 0.5) is 5.69 Å². The Morgan fingerprint density at radius 2 is 1.83 bits per heavy atom. The van der Waals surface area contributed by atoms with Gasteiger partial charge in [0.15, 0.2) is 5.78 Å². The van der Waals surface area contributed by atoms with Gasteiger partial charge in [-0.25, -0.2) is 4.68 Å². The highest BCUT2D eigenvalue weighted by Crippen LogP contribution is 2.23. The number of thioether (sulfide) groups is 1. The van der Waals surface area contributed by atoms with Gasteiger partial charge in [0.2, 0.25) is 11.1 Å². The molecule has 1 aromatic carbocycles. The number of nitrogens with zero attached hydrogens (tertiary/aromatic N) is 4. The molecule has 1 aromatic heterocycles. The number of ketones is 1. The minimum atomic E-state index is -0.356. The van der Waals surface area contributed by atoms with Crippen LogP contribution in [0, 0.1) is 0 Å². The van der Waals surface area contributed by atoms with Crippen LogP contribution in [0.1, 0.15) is 44.1 Å². The third-order valence-corrected chi connectivity index (χ3v) is 4.21. The van der Waals surface area contributed by atoms with Crippen LogP contribution in [0.2, 0.25) is 0 Å². The summed E-state index contributed by atoms with van der Waals surface area (Å²) in [7, 11) is 0. The molecule has 0 aliphatic rings. The van der Waals surface area contributed by atoms with Crippen molar-refractivity contribution in [1.29, 1.82) is 0 Å². The average molecular weight is 333 g/mol. The zero-order valence-electron chi connectivity index (χ0n) is 13.5. The Labute approximate surface area is 138 Å². The van der Waals surface area contributed by atoms with Gasteiger partial charge in [0, 0.05) is 11.3 Å². The smallest absolute Gasteiger partial charge is 0.237 e. The van der Waals surface area contributed by atoms with Crippen LogP contribution in [-0.2, 0) is 4.79 Å². The maximum atomic E-state index is 12.3. The minimum absolute atomic E-state index is 0.00711. The number of Topliss-reactive ketones (excluding diaryl/α,β-unsaturated/α-hetero) is 1. The van der Waals surface area contributed by atoms with E-state index in [0.717, 1.165) is 0 Å². The maximum Gasteiger partial charge on any atom is 0.237 e. The minimum Gasteiger partial charge on any atom is -0.325 e. The van der Waals surface area contributed by atoms with Crippen molar-refractivity contribution in [1.82, 2.24) is 20.2 Å². The van der Waals surface area contributed by atoms with E-state index in [1.807, 2.05) is 13.8 Å². The summed E-state index contributed by atoms with van der Waals surface area (Å²) >= 11 is 1.30. The first-order valence-electron chi connectivity index (χ1n) is 7.25. The molecule has 1 atom stereocenters. The predicted octanol–water partition coefficient (Wildman–Crippen LogP) is 2.58. The highest BCUT2D eigenvalue weighted by Gasteiger charge is 2.19. The fraction of sp³-hybridized carbons (Fsp3) is 0.400. The first kappa shape index (κ1) is 17.1. The number of hydrogen-bond acceptors (Lipinski definition) is 6. The lowest BCUT2D eigenvalue weighted by atomic mass is 10.1. The van der Waals surface area contributed by atoms with Crippen molar-refractivity contribution in [2.45, 2.75) is 44.1 Å². The van der Waals surface area contributed by atoms with Crippen LogP contribution in [-0.4, -0.2) is 37.1 Å². The van der Waals surface area contributed by atoms with E-state index in [1.54, 1.807) is 35.9 Å². The fourth-order valence-corrected chi connectivity index (χ4v) is 2.75. The molecule has 2 aromatic rings. The van der Waals surface area contributed by atoms with Crippen molar-refractivity contribution in [3.05, 3.63) is 29.8 Å². The summed E-state index contributed by atoms with van der Waals surface area (Å²) in [6.07, 6.45) is 0. The van der Waals surface area contributed by atoms with Gasteiger partial charge in [-0.05, 0) is 62.4 Å². The summed E-state index contributed by atoms with van der Waals surface area (Å²) < 4.78 is 1.68. The Balaban J connectivity index is 1.99. The number of carbonyl (C=O) groups is 2. The summed E-state index contributed by atoms with van der Waals surface area (Å²) in [6, 6.07) is 6.93. The van der Waals surface area contributed by atoms with Gasteiger partial charge in [0.1, 0.15) is 0 Å². The van der Waals surface area contributed by atoms with Gasteiger partial charge in [0.05, 0.1) is 11.3 Å². The van der Waals surface area contributed by atoms with E-state index >= 15 is 0 Å². The molecule has 1 heterocycles. The molecule has 0 saturated carbocycles. The molecule has 7 nitrogen and oxygen atoms in total. The second-order valence-electron chi connectivity index (χ2n) is 5.38. The number of benzene rings is 1. The number of aromatic nitrogens is 4. The van der Waals surface area contributed by atoms with E-state index in [0.29, 0.717) is 16.4 Å². The monoisotopic (exact) mass is 333 g/mol. The molecule has 1 amide bonds. The van der Waals surface area contributed by atoms with Gasteiger partial charge in [-0.1, -0.05) is 11.8 Å². The second kappa shape index (κ2) is 7.36. The molecule has 23 heavy (non-hydrogen) atoms. The molecule has 0 radical (unpaired) electrons. The lowest BCUT2D eigenvalue weighted by Gasteiger charge is -2.13. The van der Waals surface area contributed by atoms with Crippen molar-refractivity contribution < 1.29 is 9.59 Å². The largest absolute Gasteiger partial charge is 0.325 e. The molecule has 0 aliphatic heterocycles. The number of anilines is 1. The average Bonchev–Trinajstić information content (AvgIpc) is 2.96. The molecule has 8 heteroatoms. The third kappa shape index (κ3) is 4.38. The lowest BCUT2D eigenvalue weighted by molar-refractivity contribution is -0.115. The zero-order valence-corrected chi connectivity index (χ0v) is 14.3. The Hall–Kier alpha value is -2.22. The fourth-order valence-electron chi connectivity index (χ4n) is 1.83. The number of amides is 1. The van der Waals surface area contributed by atoms with Crippen LogP contribution >= 0.6 is 11.8 Å². The van der Waals surface area contributed by atoms with E-state index in [4.69, 9.17) is 0 Å². The van der Waals surface area contributed by atoms with Crippen molar-refractivity contribution in [2.24, 2.45) is 0 Å². The summed E-state index contributed by atoms with van der Waals surface area (Å²) in [5.74, 6) is -0.156. The molecule has 0 spiro atoms. The molecule has 0 bridgehead atoms.